The first-order valence-electron chi connectivity index (χ1n) is 3.51. The van der Waals surface area contributed by atoms with E-state index >= 15 is 0 Å². The summed E-state index contributed by atoms with van der Waals surface area (Å²) < 4.78 is 73.5. The van der Waals surface area contributed by atoms with E-state index in [0.29, 0.717) is 4.31 Å². The Balaban J connectivity index is 5.47. The smallest absolute Gasteiger partial charge is 0.211 e. The highest BCUT2D eigenvalue weighted by atomic mass is 32.3. The molecule has 0 saturated carbocycles. The van der Waals surface area contributed by atoms with Gasteiger partial charge >= 0.3 is 16.0 Å². The Labute approximate surface area is 85.5 Å². The third-order valence-corrected chi connectivity index (χ3v) is 4.61. The normalized spacial score (nSPS) is 16.7. The highest BCUT2D eigenvalue weighted by Crippen LogP contribution is 2.15. The zero-order valence-electron chi connectivity index (χ0n) is 7.76. The second-order valence-corrected chi connectivity index (χ2v) is 5.93. The molecule has 0 rings (SSSR count). The Hall–Kier alpha value is -0.390. The third kappa shape index (κ3) is 3.59. The fourth-order valence-corrected chi connectivity index (χ4v) is 2.66. The molecule has 92 valence electrons. The van der Waals surface area contributed by atoms with Gasteiger partial charge in [0.1, 0.15) is 0 Å². The number of hydrogen-bond acceptors (Lipinski definition) is 4. The standard InChI is InChI=1S/C4H9F3N2O4S2/c1-3-9(2)15(11,12)8-14(10,13-7)4(5)6/h4H,3H2,1-2H3. The maximum atomic E-state index is 12.0. The summed E-state index contributed by atoms with van der Waals surface area (Å²) in [6, 6.07) is 0. The van der Waals surface area contributed by atoms with Crippen LogP contribution >= 0.6 is 0 Å². The molecule has 0 aromatic rings. The van der Waals surface area contributed by atoms with Gasteiger partial charge < -0.3 is 0 Å². The molecule has 0 spiro atoms. The van der Waals surface area contributed by atoms with Gasteiger partial charge in [0, 0.05) is 13.6 Å². The van der Waals surface area contributed by atoms with E-state index in [0.717, 1.165) is 7.05 Å². The van der Waals surface area contributed by atoms with Crippen LogP contribution in [0.2, 0.25) is 0 Å². The second-order valence-electron chi connectivity index (χ2n) is 2.31. The van der Waals surface area contributed by atoms with Crippen LogP contribution in [0.3, 0.4) is 0 Å². The molecule has 0 aliphatic rings. The number of halogens is 3. The van der Waals surface area contributed by atoms with Crippen LogP contribution in [-0.2, 0) is 24.6 Å². The topological polar surface area (TPSA) is 76.0 Å². The molecule has 0 aromatic carbocycles. The average molecular weight is 270 g/mol. The molecule has 0 aromatic heterocycles. The van der Waals surface area contributed by atoms with Crippen molar-refractivity contribution in [2.24, 2.45) is 3.77 Å². The van der Waals surface area contributed by atoms with Crippen molar-refractivity contribution in [2.45, 2.75) is 12.7 Å². The lowest BCUT2D eigenvalue weighted by molar-refractivity contribution is -0.000811. The summed E-state index contributed by atoms with van der Waals surface area (Å²) in [6.07, 6.45) is 0. The number of nitrogens with zero attached hydrogens (tertiary/aromatic N) is 2. The summed E-state index contributed by atoms with van der Waals surface area (Å²) in [5.41, 5.74) is 0. The molecule has 0 aliphatic carbocycles. The fourth-order valence-electron chi connectivity index (χ4n) is 0.423. The molecule has 11 heteroatoms. The number of rotatable bonds is 5. The largest absolute Gasteiger partial charge is 0.346 e. The summed E-state index contributed by atoms with van der Waals surface area (Å²) >= 11 is 0. The van der Waals surface area contributed by atoms with Crippen LogP contribution in [-0.4, -0.2) is 36.3 Å². The van der Waals surface area contributed by atoms with Gasteiger partial charge in [0.2, 0.25) is 0 Å². The molecule has 0 amide bonds. The molecule has 0 aliphatic heterocycles. The molecule has 0 heterocycles. The Bertz CT molecular complexity index is 414. The van der Waals surface area contributed by atoms with Crippen molar-refractivity contribution in [1.29, 1.82) is 0 Å². The van der Waals surface area contributed by atoms with Crippen molar-refractivity contribution in [3.8, 4) is 0 Å². The SMILES string of the molecule is CCN(C)S(=O)(=O)N=S(=O)(OF)C(F)F. The second kappa shape index (κ2) is 5.09. The zero-order valence-corrected chi connectivity index (χ0v) is 9.40. The van der Waals surface area contributed by atoms with Crippen LogP contribution in [0.5, 0.6) is 0 Å². The van der Waals surface area contributed by atoms with Crippen molar-refractivity contribution < 1.29 is 30.3 Å². The summed E-state index contributed by atoms with van der Waals surface area (Å²) in [5.74, 6) is -3.86. The molecule has 0 radical (unpaired) electrons. The Morgan fingerprint density at radius 2 is 1.87 bits per heavy atom. The molecule has 0 fully saturated rings. The summed E-state index contributed by atoms with van der Waals surface area (Å²) in [5, 5.41) is 0. The van der Waals surface area contributed by atoms with E-state index < -0.39 is 26.0 Å². The van der Waals surface area contributed by atoms with Crippen LogP contribution in [0, 0.1) is 0 Å². The first-order valence-corrected chi connectivity index (χ1v) is 6.41. The highest BCUT2D eigenvalue weighted by Gasteiger charge is 2.29. The van der Waals surface area contributed by atoms with E-state index in [-0.39, 0.29) is 6.54 Å². The van der Waals surface area contributed by atoms with E-state index in [1.807, 2.05) is 0 Å². The van der Waals surface area contributed by atoms with Crippen molar-refractivity contribution >= 4 is 20.2 Å². The predicted molar refractivity (Wildman–Crippen MR) is 46.0 cm³/mol. The zero-order chi connectivity index (χ0) is 12.3. The quantitative estimate of drug-likeness (QED) is 0.736. The van der Waals surface area contributed by atoms with Gasteiger partial charge in [-0.2, -0.15) is 21.5 Å². The first-order chi connectivity index (χ1) is 6.69. The van der Waals surface area contributed by atoms with Crippen molar-refractivity contribution in [2.75, 3.05) is 13.6 Å². The molecule has 1 unspecified atom stereocenters. The fraction of sp³-hybridized carbons (Fsp3) is 1.00. The Kier molecular flexibility index (Phi) is 4.96. The van der Waals surface area contributed by atoms with Gasteiger partial charge in [-0.05, 0) is 4.53 Å². The molecular formula is C4H9F3N2O4S2. The molecule has 1 atom stereocenters. The van der Waals surface area contributed by atoms with Gasteiger partial charge in [0.25, 0.3) is 10.0 Å². The van der Waals surface area contributed by atoms with Crippen LogP contribution in [0.4, 0.5) is 13.3 Å². The van der Waals surface area contributed by atoms with Crippen LogP contribution in [0.25, 0.3) is 0 Å². The monoisotopic (exact) mass is 270 g/mol. The lowest BCUT2D eigenvalue weighted by Crippen LogP contribution is -2.26. The first kappa shape index (κ1) is 14.6. The van der Waals surface area contributed by atoms with Gasteiger partial charge in [0.15, 0.2) is 0 Å². The number of hydrogen-bond donors (Lipinski definition) is 0. The summed E-state index contributed by atoms with van der Waals surface area (Å²) in [4.78, 5) is 0. The lowest BCUT2D eigenvalue weighted by Gasteiger charge is -2.11. The van der Waals surface area contributed by atoms with E-state index in [1.54, 1.807) is 0 Å². The molecule has 0 saturated heterocycles. The van der Waals surface area contributed by atoms with Gasteiger partial charge in [-0.1, -0.05) is 15.1 Å². The molecule has 6 nitrogen and oxygen atoms in total. The van der Waals surface area contributed by atoms with Crippen LogP contribution < -0.4 is 0 Å². The molecule has 0 N–H and O–H groups in total. The van der Waals surface area contributed by atoms with Gasteiger partial charge in [-0.15, -0.1) is 0 Å². The van der Waals surface area contributed by atoms with Gasteiger partial charge in [-0.3, -0.25) is 0 Å². The maximum absolute atomic E-state index is 12.0. The number of alkyl halides is 2. The van der Waals surface area contributed by atoms with E-state index in [1.165, 1.54) is 6.92 Å². The summed E-state index contributed by atoms with van der Waals surface area (Å²) in [7, 11) is -8.75. The van der Waals surface area contributed by atoms with E-state index in [2.05, 4.69) is 8.16 Å². The average Bonchev–Trinajstić information content (AvgIpc) is 2.15. The van der Waals surface area contributed by atoms with Crippen molar-refractivity contribution in [3.63, 3.8) is 0 Å². The minimum Gasteiger partial charge on any atom is -0.211 e. The third-order valence-electron chi connectivity index (χ3n) is 1.35. The highest BCUT2D eigenvalue weighted by molar-refractivity contribution is 7.99. The molecule has 15 heavy (non-hydrogen) atoms. The lowest BCUT2D eigenvalue weighted by atomic mass is 10.8. The Morgan fingerprint density at radius 3 is 2.13 bits per heavy atom. The Morgan fingerprint density at radius 1 is 1.40 bits per heavy atom. The minimum absolute atomic E-state index is 0.100. The summed E-state index contributed by atoms with van der Waals surface area (Å²) in [6.45, 7) is 1.28. The maximum Gasteiger partial charge on any atom is 0.346 e. The van der Waals surface area contributed by atoms with E-state index in [9.17, 15) is 25.9 Å². The van der Waals surface area contributed by atoms with Gasteiger partial charge in [-0.25, -0.2) is 4.21 Å². The molecular weight excluding hydrogens is 261 g/mol. The van der Waals surface area contributed by atoms with Crippen molar-refractivity contribution in [3.05, 3.63) is 0 Å². The van der Waals surface area contributed by atoms with Crippen molar-refractivity contribution in [1.82, 2.24) is 4.31 Å². The van der Waals surface area contributed by atoms with Gasteiger partial charge in [0.05, 0.1) is 0 Å². The molecule has 0 bridgehead atoms. The van der Waals surface area contributed by atoms with E-state index in [4.69, 9.17) is 0 Å². The minimum atomic E-state index is -5.16. The predicted octanol–water partition coefficient (Wildman–Crippen LogP) is 0.690. The van der Waals surface area contributed by atoms with Crippen LogP contribution in [0.15, 0.2) is 3.77 Å². The van der Waals surface area contributed by atoms with Crippen LogP contribution in [0.1, 0.15) is 6.92 Å².